The lowest BCUT2D eigenvalue weighted by molar-refractivity contribution is -0.0406. The predicted octanol–water partition coefficient (Wildman–Crippen LogP) is -0.00110. The van der Waals surface area contributed by atoms with Gasteiger partial charge in [-0.25, -0.2) is 0 Å². The van der Waals surface area contributed by atoms with Crippen LogP contribution in [0.4, 0.5) is 5.82 Å². The van der Waals surface area contributed by atoms with Crippen molar-refractivity contribution in [3.05, 3.63) is 17.3 Å². The summed E-state index contributed by atoms with van der Waals surface area (Å²) in [6.45, 7) is 9.20. The van der Waals surface area contributed by atoms with Crippen LogP contribution in [0, 0.1) is 0 Å². The van der Waals surface area contributed by atoms with Crippen LogP contribution in [0.5, 0.6) is 0 Å². The van der Waals surface area contributed by atoms with Gasteiger partial charge in [-0.2, -0.15) is 5.10 Å². The van der Waals surface area contributed by atoms with Crippen molar-refractivity contribution in [2.24, 2.45) is 0 Å². The van der Waals surface area contributed by atoms with Crippen LogP contribution in [-0.2, 0) is 22.4 Å². The van der Waals surface area contributed by atoms with Gasteiger partial charge in [-0.05, 0) is 25.6 Å². The Bertz CT molecular complexity index is 595. The summed E-state index contributed by atoms with van der Waals surface area (Å²) >= 11 is 0. The number of nitrogens with zero attached hydrogens (tertiary/aromatic N) is 5. The lowest BCUT2D eigenvalue weighted by Crippen LogP contribution is -2.45. The van der Waals surface area contributed by atoms with Gasteiger partial charge in [0, 0.05) is 59.3 Å². The molecule has 2 aliphatic rings. The normalized spacial score (nSPS) is 21.1. The SMILES string of the molecule is COCC(C)OCC(O)CN1CCc2nnc(N3CCN(C)CC3)cc2C1. The third kappa shape index (κ3) is 5.83. The van der Waals surface area contributed by atoms with Crippen molar-refractivity contribution < 1.29 is 14.6 Å². The molecule has 0 spiro atoms. The minimum atomic E-state index is -0.502. The summed E-state index contributed by atoms with van der Waals surface area (Å²) in [7, 11) is 3.81. The number of aromatic nitrogens is 2. The number of hydrogen-bond donors (Lipinski definition) is 1. The van der Waals surface area contributed by atoms with Crippen LogP contribution in [0.1, 0.15) is 18.2 Å². The molecule has 8 nitrogen and oxygen atoms in total. The average molecular weight is 380 g/mol. The van der Waals surface area contributed by atoms with Gasteiger partial charge in [0.05, 0.1) is 31.1 Å². The number of anilines is 1. The number of methoxy groups -OCH3 is 1. The first kappa shape index (κ1) is 20.4. The quantitative estimate of drug-likeness (QED) is 0.677. The molecule has 2 aliphatic heterocycles. The number of aliphatic hydroxyl groups excluding tert-OH is 1. The Morgan fingerprint density at radius 2 is 1.93 bits per heavy atom. The fourth-order valence-corrected chi connectivity index (χ4v) is 3.63. The van der Waals surface area contributed by atoms with Gasteiger partial charge >= 0.3 is 0 Å². The maximum absolute atomic E-state index is 10.3. The third-order valence-corrected chi connectivity index (χ3v) is 5.28. The first-order valence-electron chi connectivity index (χ1n) is 9.85. The van der Waals surface area contributed by atoms with E-state index in [1.165, 1.54) is 5.56 Å². The molecular formula is C19H33N5O3. The molecule has 152 valence electrons. The minimum Gasteiger partial charge on any atom is -0.389 e. The fourth-order valence-electron chi connectivity index (χ4n) is 3.63. The molecule has 0 radical (unpaired) electrons. The summed E-state index contributed by atoms with van der Waals surface area (Å²) < 4.78 is 10.7. The maximum atomic E-state index is 10.3. The topological polar surface area (TPSA) is 74.2 Å². The van der Waals surface area contributed by atoms with Crippen LogP contribution in [-0.4, -0.2) is 104 Å². The minimum absolute atomic E-state index is 0.00634. The van der Waals surface area contributed by atoms with E-state index in [9.17, 15) is 5.11 Å². The second kappa shape index (κ2) is 9.75. The van der Waals surface area contributed by atoms with Gasteiger partial charge in [0.15, 0.2) is 5.82 Å². The van der Waals surface area contributed by atoms with E-state index in [1.807, 2.05) is 6.92 Å². The van der Waals surface area contributed by atoms with Gasteiger partial charge in [-0.15, -0.1) is 5.10 Å². The van der Waals surface area contributed by atoms with Crippen LogP contribution in [0.25, 0.3) is 0 Å². The van der Waals surface area contributed by atoms with Gasteiger partial charge < -0.3 is 24.4 Å². The molecule has 1 N–H and O–H groups in total. The Labute approximate surface area is 162 Å². The van der Waals surface area contributed by atoms with Crippen molar-refractivity contribution in [1.82, 2.24) is 20.0 Å². The van der Waals surface area contributed by atoms with E-state index in [0.717, 1.165) is 57.2 Å². The third-order valence-electron chi connectivity index (χ3n) is 5.28. The fraction of sp³-hybridized carbons (Fsp3) is 0.789. The number of hydrogen-bond acceptors (Lipinski definition) is 8. The Morgan fingerprint density at radius 1 is 1.15 bits per heavy atom. The highest BCUT2D eigenvalue weighted by atomic mass is 16.5. The molecule has 0 aromatic carbocycles. The number of fused-ring (bicyclic) bond motifs is 1. The molecule has 0 saturated carbocycles. The van der Waals surface area contributed by atoms with E-state index in [-0.39, 0.29) is 6.10 Å². The second-order valence-corrected chi connectivity index (χ2v) is 7.70. The highest BCUT2D eigenvalue weighted by Gasteiger charge is 2.23. The molecule has 1 aromatic heterocycles. The van der Waals surface area contributed by atoms with Crippen molar-refractivity contribution in [2.75, 3.05) is 71.5 Å². The van der Waals surface area contributed by atoms with E-state index >= 15 is 0 Å². The summed E-state index contributed by atoms with van der Waals surface area (Å²) in [4.78, 5) is 6.92. The van der Waals surface area contributed by atoms with Gasteiger partial charge in [0.25, 0.3) is 0 Å². The van der Waals surface area contributed by atoms with E-state index in [2.05, 4.69) is 38.0 Å². The van der Waals surface area contributed by atoms with Crippen LogP contribution in [0.15, 0.2) is 6.07 Å². The Kier molecular flexibility index (Phi) is 7.37. The van der Waals surface area contributed by atoms with E-state index < -0.39 is 6.10 Å². The highest BCUT2D eigenvalue weighted by Crippen LogP contribution is 2.21. The van der Waals surface area contributed by atoms with Gasteiger partial charge in [0.2, 0.25) is 0 Å². The molecule has 0 amide bonds. The smallest absolute Gasteiger partial charge is 0.151 e. The molecule has 0 aliphatic carbocycles. The maximum Gasteiger partial charge on any atom is 0.151 e. The highest BCUT2D eigenvalue weighted by molar-refractivity contribution is 5.42. The predicted molar refractivity (Wildman–Crippen MR) is 104 cm³/mol. The molecule has 1 aromatic rings. The van der Waals surface area contributed by atoms with Gasteiger partial charge in [-0.3, -0.25) is 4.90 Å². The van der Waals surface area contributed by atoms with Crippen molar-refractivity contribution in [3.63, 3.8) is 0 Å². The zero-order valence-corrected chi connectivity index (χ0v) is 16.8. The molecule has 3 rings (SSSR count). The number of piperazine rings is 1. The molecule has 3 heterocycles. The van der Waals surface area contributed by atoms with Crippen LogP contribution < -0.4 is 4.90 Å². The summed E-state index contributed by atoms with van der Waals surface area (Å²) in [5.74, 6) is 0.973. The molecule has 1 fully saturated rings. The van der Waals surface area contributed by atoms with Crippen molar-refractivity contribution in [2.45, 2.75) is 32.1 Å². The Balaban J connectivity index is 1.53. The van der Waals surface area contributed by atoms with Crippen molar-refractivity contribution in [3.8, 4) is 0 Å². The van der Waals surface area contributed by atoms with Crippen LogP contribution >= 0.6 is 0 Å². The number of likely N-dealkylation sites (N-methyl/N-ethyl adjacent to an activating group) is 1. The zero-order valence-electron chi connectivity index (χ0n) is 16.8. The molecule has 8 heteroatoms. The lowest BCUT2D eigenvalue weighted by atomic mass is 10.1. The second-order valence-electron chi connectivity index (χ2n) is 7.70. The monoisotopic (exact) mass is 379 g/mol. The number of rotatable bonds is 8. The van der Waals surface area contributed by atoms with Crippen LogP contribution in [0.3, 0.4) is 0 Å². The van der Waals surface area contributed by atoms with Crippen LogP contribution in [0.2, 0.25) is 0 Å². The van der Waals surface area contributed by atoms with E-state index in [4.69, 9.17) is 9.47 Å². The van der Waals surface area contributed by atoms with Gasteiger partial charge in [-0.1, -0.05) is 0 Å². The standard InChI is InChI=1S/C19H33N5O3/c1-15(13-26-3)27-14-17(25)12-23-5-4-18-16(11-23)10-19(21-20-18)24-8-6-22(2)7-9-24/h10,15,17,25H,4-9,11-14H2,1-3H3. The molecule has 2 unspecified atom stereocenters. The summed E-state index contributed by atoms with van der Waals surface area (Å²) in [5.41, 5.74) is 2.31. The number of ether oxygens (including phenoxy) is 2. The number of aliphatic hydroxyl groups is 1. The van der Waals surface area contributed by atoms with Crippen molar-refractivity contribution >= 4 is 5.82 Å². The molecule has 0 bridgehead atoms. The number of β-amino-alcohol motifs (C(OH)–C–C–N with tert-alkyl or cyclic N) is 1. The molecular weight excluding hydrogens is 346 g/mol. The first-order valence-corrected chi connectivity index (χ1v) is 9.85. The largest absolute Gasteiger partial charge is 0.389 e. The first-order chi connectivity index (χ1) is 13.0. The van der Waals surface area contributed by atoms with Crippen molar-refractivity contribution in [1.29, 1.82) is 0 Å². The summed E-state index contributed by atoms with van der Waals surface area (Å²) in [5, 5.41) is 19.2. The van der Waals surface area contributed by atoms with E-state index in [1.54, 1.807) is 7.11 Å². The van der Waals surface area contributed by atoms with E-state index in [0.29, 0.717) is 19.8 Å². The summed E-state index contributed by atoms with van der Waals surface area (Å²) in [6.07, 6.45) is 0.366. The molecule has 27 heavy (non-hydrogen) atoms. The molecule has 2 atom stereocenters. The Morgan fingerprint density at radius 3 is 2.67 bits per heavy atom. The average Bonchev–Trinajstić information content (AvgIpc) is 2.67. The molecule has 1 saturated heterocycles. The Hall–Kier alpha value is -1.32. The zero-order chi connectivity index (χ0) is 19.2. The summed E-state index contributed by atoms with van der Waals surface area (Å²) in [6, 6.07) is 2.18. The van der Waals surface area contributed by atoms with Gasteiger partial charge in [0.1, 0.15) is 0 Å². The lowest BCUT2D eigenvalue weighted by Gasteiger charge is -2.34.